The lowest BCUT2D eigenvalue weighted by Crippen LogP contribution is -1.97. The topological polar surface area (TPSA) is 43.3 Å². The van der Waals surface area contributed by atoms with Crippen LogP contribution in [0.4, 0.5) is 0 Å². The molecule has 0 bridgehead atoms. The lowest BCUT2D eigenvalue weighted by molar-refractivity contribution is 0.991. The van der Waals surface area contributed by atoms with Crippen LogP contribution in [0, 0.1) is 6.92 Å². The first-order valence-electron chi connectivity index (χ1n) is 4.06. The zero-order valence-corrected chi connectivity index (χ0v) is 8.04. The lowest BCUT2D eigenvalue weighted by atomic mass is 10.3. The van der Waals surface area contributed by atoms with E-state index in [1.165, 1.54) is 0 Å². The van der Waals surface area contributed by atoms with Gasteiger partial charge in [0.2, 0.25) is 0 Å². The highest BCUT2D eigenvalue weighted by atomic mass is 35.5. The van der Waals surface area contributed by atoms with Gasteiger partial charge in [-0.05, 0) is 19.1 Å². The lowest BCUT2D eigenvalue weighted by Gasteiger charge is -1.98. The van der Waals surface area contributed by atoms with Gasteiger partial charge >= 0.3 is 0 Å². The number of hydrogen-bond donors (Lipinski definition) is 1. The van der Waals surface area contributed by atoms with E-state index in [-0.39, 0.29) is 0 Å². The van der Waals surface area contributed by atoms with Crippen molar-refractivity contribution in [1.29, 1.82) is 0 Å². The molecule has 0 atom stereocenters. The maximum Gasteiger partial charge on any atom is 0.110 e. The van der Waals surface area contributed by atoms with Gasteiger partial charge in [0.25, 0.3) is 0 Å². The van der Waals surface area contributed by atoms with E-state index in [1.807, 2.05) is 29.7 Å². The van der Waals surface area contributed by atoms with Gasteiger partial charge in [-0.15, -0.1) is 0 Å². The van der Waals surface area contributed by atoms with Crippen LogP contribution in [-0.2, 0) is 6.54 Å². The summed E-state index contributed by atoms with van der Waals surface area (Å²) in [6, 6.07) is 3.74. The molecule has 4 heteroatoms. The Balaban J connectivity index is 2.89. The van der Waals surface area contributed by atoms with Crippen LogP contribution in [0.25, 0.3) is 5.52 Å². The van der Waals surface area contributed by atoms with E-state index in [1.54, 1.807) is 0 Å². The van der Waals surface area contributed by atoms with Crippen LogP contribution in [0.1, 0.15) is 11.5 Å². The number of imidazole rings is 1. The summed E-state index contributed by atoms with van der Waals surface area (Å²) in [6.45, 7) is 2.35. The number of hydrogen-bond acceptors (Lipinski definition) is 2. The Bertz CT molecular complexity index is 447. The monoisotopic (exact) mass is 195 g/mol. The van der Waals surface area contributed by atoms with Gasteiger partial charge in [0.1, 0.15) is 5.82 Å². The molecule has 0 amide bonds. The molecular weight excluding hydrogens is 186 g/mol. The highest BCUT2D eigenvalue weighted by molar-refractivity contribution is 6.34. The fourth-order valence-electron chi connectivity index (χ4n) is 1.47. The van der Waals surface area contributed by atoms with Gasteiger partial charge in [0.05, 0.1) is 16.2 Å². The van der Waals surface area contributed by atoms with Crippen molar-refractivity contribution in [2.45, 2.75) is 13.5 Å². The second-order valence-electron chi connectivity index (χ2n) is 2.88. The fraction of sp³-hybridized carbons (Fsp3) is 0.222. The minimum Gasteiger partial charge on any atom is -0.325 e. The Kier molecular flexibility index (Phi) is 1.98. The van der Waals surface area contributed by atoms with Crippen LogP contribution in [0.2, 0.25) is 5.02 Å². The zero-order valence-electron chi connectivity index (χ0n) is 7.29. The molecule has 0 saturated heterocycles. The average molecular weight is 196 g/mol. The van der Waals surface area contributed by atoms with Crippen molar-refractivity contribution in [3.8, 4) is 0 Å². The molecule has 2 N–H and O–H groups in total. The van der Waals surface area contributed by atoms with Gasteiger partial charge in [-0.25, -0.2) is 4.98 Å². The van der Waals surface area contributed by atoms with Crippen molar-refractivity contribution >= 4 is 17.1 Å². The SMILES string of the molecule is Cc1nc(CN)c2c(Cl)cccn12. The first-order valence-corrected chi connectivity index (χ1v) is 4.44. The molecule has 3 nitrogen and oxygen atoms in total. The highest BCUT2D eigenvalue weighted by Crippen LogP contribution is 2.21. The number of nitrogens with two attached hydrogens (primary N) is 1. The Morgan fingerprint density at radius 1 is 1.62 bits per heavy atom. The normalized spacial score (nSPS) is 11.0. The molecule has 2 aromatic heterocycles. The maximum absolute atomic E-state index is 6.04. The summed E-state index contributed by atoms with van der Waals surface area (Å²) in [7, 11) is 0. The molecule has 0 aliphatic rings. The standard InChI is InChI=1S/C9H10ClN3/c1-6-12-8(5-11)9-7(10)3-2-4-13(6)9/h2-4H,5,11H2,1H3. The predicted octanol–water partition coefficient (Wildman–Crippen LogP) is 1.75. The molecule has 0 unspecified atom stereocenters. The number of rotatable bonds is 1. The van der Waals surface area contributed by atoms with E-state index in [4.69, 9.17) is 17.3 Å². The molecule has 0 aliphatic heterocycles. The van der Waals surface area contributed by atoms with Crippen molar-refractivity contribution in [2.24, 2.45) is 5.73 Å². The average Bonchev–Trinajstić information content (AvgIpc) is 2.45. The van der Waals surface area contributed by atoms with Gasteiger partial charge in [0, 0.05) is 12.7 Å². The quantitative estimate of drug-likeness (QED) is 0.754. The largest absolute Gasteiger partial charge is 0.325 e. The Morgan fingerprint density at radius 3 is 3.08 bits per heavy atom. The predicted molar refractivity (Wildman–Crippen MR) is 52.8 cm³/mol. The number of aryl methyl sites for hydroxylation is 1. The molecule has 0 radical (unpaired) electrons. The molecule has 13 heavy (non-hydrogen) atoms. The number of aromatic nitrogens is 2. The van der Waals surface area contributed by atoms with Gasteiger partial charge in [-0.1, -0.05) is 11.6 Å². The van der Waals surface area contributed by atoms with Gasteiger partial charge in [-0.2, -0.15) is 0 Å². The molecule has 2 rings (SSSR count). The van der Waals surface area contributed by atoms with E-state index in [2.05, 4.69) is 4.98 Å². The van der Waals surface area contributed by atoms with Crippen LogP contribution < -0.4 is 5.73 Å². The second kappa shape index (κ2) is 3.01. The van der Waals surface area contributed by atoms with Crippen LogP contribution in [0.15, 0.2) is 18.3 Å². The van der Waals surface area contributed by atoms with Crippen LogP contribution >= 0.6 is 11.6 Å². The summed E-state index contributed by atoms with van der Waals surface area (Å²) in [6.07, 6.45) is 1.93. The van der Waals surface area contributed by atoms with Crippen molar-refractivity contribution in [2.75, 3.05) is 0 Å². The van der Waals surface area contributed by atoms with E-state index < -0.39 is 0 Å². The third-order valence-corrected chi connectivity index (χ3v) is 2.36. The summed E-state index contributed by atoms with van der Waals surface area (Å²) in [5, 5.41) is 0.698. The van der Waals surface area contributed by atoms with Crippen molar-refractivity contribution in [3.63, 3.8) is 0 Å². The van der Waals surface area contributed by atoms with Gasteiger partial charge in [-0.3, -0.25) is 0 Å². The minimum absolute atomic E-state index is 0.418. The van der Waals surface area contributed by atoms with Gasteiger partial charge < -0.3 is 10.1 Å². The van der Waals surface area contributed by atoms with Crippen molar-refractivity contribution in [1.82, 2.24) is 9.38 Å². The molecule has 0 fully saturated rings. The first-order chi connectivity index (χ1) is 6.24. The van der Waals surface area contributed by atoms with Crippen molar-refractivity contribution < 1.29 is 0 Å². The second-order valence-corrected chi connectivity index (χ2v) is 3.29. The van der Waals surface area contributed by atoms with Crippen molar-refractivity contribution in [3.05, 3.63) is 34.9 Å². The Hall–Kier alpha value is -1.06. The van der Waals surface area contributed by atoms with E-state index in [9.17, 15) is 0 Å². The highest BCUT2D eigenvalue weighted by Gasteiger charge is 2.08. The smallest absolute Gasteiger partial charge is 0.110 e. The minimum atomic E-state index is 0.418. The molecule has 2 heterocycles. The number of fused-ring (bicyclic) bond motifs is 1. The summed E-state index contributed by atoms with van der Waals surface area (Å²) >= 11 is 6.04. The molecule has 0 aliphatic carbocycles. The Labute approximate surface area is 81.1 Å². The van der Waals surface area contributed by atoms with Gasteiger partial charge in [0.15, 0.2) is 0 Å². The number of halogens is 1. The molecule has 2 aromatic rings. The third-order valence-electron chi connectivity index (χ3n) is 2.06. The molecule has 0 saturated carbocycles. The summed E-state index contributed by atoms with van der Waals surface area (Å²) in [5.41, 5.74) is 7.33. The maximum atomic E-state index is 6.04. The van der Waals surface area contributed by atoms with E-state index in [0.717, 1.165) is 17.0 Å². The number of pyridine rings is 1. The van der Waals surface area contributed by atoms with Crippen LogP contribution in [0.3, 0.4) is 0 Å². The van der Waals surface area contributed by atoms with Crippen LogP contribution in [0.5, 0.6) is 0 Å². The summed E-state index contributed by atoms with van der Waals surface area (Å²) < 4.78 is 1.95. The van der Waals surface area contributed by atoms with Crippen LogP contribution in [-0.4, -0.2) is 9.38 Å². The zero-order chi connectivity index (χ0) is 9.42. The number of nitrogens with zero attached hydrogens (tertiary/aromatic N) is 2. The fourth-order valence-corrected chi connectivity index (χ4v) is 1.75. The molecule has 0 aromatic carbocycles. The molecule has 68 valence electrons. The molecular formula is C9H10ClN3. The first kappa shape index (κ1) is 8.53. The summed E-state index contributed by atoms with van der Waals surface area (Å²) in [5.74, 6) is 0.915. The van der Waals surface area contributed by atoms with E-state index in [0.29, 0.717) is 11.6 Å². The summed E-state index contributed by atoms with van der Waals surface area (Å²) in [4.78, 5) is 4.32. The molecule has 0 spiro atoms. The third kappa shape index (κ3) is 1.20. The Morgan fingerprint density at radius 2 is 2.38 bits per heavy atom. The van der Waals surface area contributed by atoms with E-state index >= 15 is 0 Å².